The molecule has 1 aromatic heterocycles. The number of benzene rings is 1. The fourth-order valence-corrected chi connectivity index (χ4v) is 2.64. The lowest BCUT2D eigenvalue weighted by molar-refractivity contribution is 0.0690. The zero-order valence-electron chi connectivity index (χ0n) is 11.8. The Hall–Kier alpha value is -2.34. The van der Waals surface area contributed by atoms with E-state index in [1.807, 2.05) is 23.1 Å². The SMILES string of the molecule is O=C(O)c1cc(Cl)nc(N2CCN(c3ccccc3)CC2)n1. The van der Waals surface area contributed by atoms with E-state index in [-0.39, 0.29) is 10.8 Å². The Morgan fingerprint density at radius 3 is 2.32 bits per heavy atom. The Bertz CT molecular complexity index is 672. The van der Waals surface area contributed by atoms with Crippen molar-refractivity contribution in [3.63, 3.8) is 0 Å². The van der Waals surface area contributed by atoms with Gasteiger partial charge in [-0.3, -0.25) is 0 Å². The molecule has 7 heteroatoms. The maximum absolute atomic E-state index is 11.0. The van der Waals surface area contributed by atoms with Crippen LogP contribution >= 0.6 is 11.6 Å². The van der Waals surface area contributed by atoms with Crippen LogP contribution in [0.3, 0.4) is 0 Å². The molecule has 2 aromatic rings. The minimum Gasteiger partial charge on any atom is -0.477 e. The molecule has 1 aliphatic heterocycles. The third-order valence-corrected chi connectivity index (χ3v) is 3.78. The number of anilines is 2. The van der Waals surface area contributed by atoms with Crippen LogP contribution < -0.4 is 9.80 Å². The number of para-hydroxylation sites is 1. The van der Waals surface area contributed by atoms with E-state index in [2.05, 4.69) is 27.0 Å². The van der Waals surface area contributed by atoms with E-state index in [0.717, 1.165) is 13.1 Å². The van der Waals surface area contributed by atoms with Gasteiger partial charge in [-0.2, -0.15) is 0 Å². The molecule has 6 nitrogen and oxygen atoms in total. The Morgan fingerprint density at radius 1 is 1.05 bits per heavy atom. The van der Waals surface area contributed by atoms with Gasteiger partial charge in [0.1, 0.15) is 5.15 Å². The molecule has 0 aliphatic carbocycles. The second-order valence-electron chi connectivity index (χ2n) is 4.99. The monoisotopic (exact) mass is 318 g/mol. The van der Waals surface area contributed by atoms with E-state index in [9.17, 15) is 4.79 Å². The third-order valence-electron chi connectivity index (χ3n) is 3.59. The van der Waals surface area contributed by atoms with Gasteiger partial charge in [0, 0.05) is 37.9 Å². The van der Waals surface area contributed by atoms with Crippen LogP contribution in [-0.4, -0.2) is 47.2 Å². The number of hydrogen-bond donors (Lipinski definition) is 1. The van der Waals surface area contributed by atoms with Crippen molar-refractivity contribution in [2.24, 2.45) is 0 Å². The first-order valence-corrected chi connectivity index (χ1v) is 7.34. The molecule has 1 aliphatic rings. The van der Waals surface area contributed by atoms with Gasteiger partial charge >= 0.3 is 5.97 Å². The van der Waals surface area contributed by atoms with Gasteiger partial charge in [-0.15, -0.1) is 0 Å². The molecule has 3 rings (SSSR count). The van der Waals surface area contributed by atoms with Gasteiger partial charge in [0.05, 0.1) is 0 Å². The van der Waals surface area contributed by atoms with Crippen LogP contribution in [-0.2, 0) is 0 Å². The molecule has 0 bridgehead atoms. The summed E-state index contributed by atoms with van der Waals surface area (Å²) in [7, 11) is 0. The summed E-state index contributed by atoms with van der Waals surface area (Å²) in [5.74, 6) is -0.730. The van der Waals surface area contributed by atoms with E-state index in [1.165, 1.54) is 11.8 Å². The Morgan fingerprint density at radius 2 is 1.68 bits per heavy atom. The van der Waals surface area contributed by atoms with Crippen LogP contribution in [0.4, 0.5) is 11.6 Å². The summed E-state index contributed by atoms with van der Waals surface area (Å²) in [6.07, 6.45) is 0. The average molecular weight is 319 g/mol. The number of rotatable bonds is 3. The van der Waals surface area contributed by atoms with Crippen LogP contribution in [0.1, 0.15) is 10.5 Å². The molecule has 0 saturated carbocycles. The second kappa shape index (κ2) is 6.19. The average Bonchev–Trinajstić information content (AvgIpc) is 2.55. The highest BCUT2D eigenvalue weighted by Gasteiger charge is 2.21. The summed E-state index contributed by atoms with van der Waals surface area (Å²) in [6, 6.07) is 11.4. The molecule has 1 N–H and O–H groups in total. The summed E-state index contributed by atoms with van der Waals surface area (Å²) in [5.41, 5.74) is 1.10. The minimum absolute atomic E-state index is 0.0829. The van der Waals surface area contributed by atoms with Gasteiger partial charge in [-0.25, -0.2) is 14.8 Å². The summed E-state index contributed by atoms with van der Waals surface area (Å²) in [5, 5.41) is 9.19. The van der Waals surface area contributed by atoms with E-state index in [0.29, 0.717) is 19.0 Å². The predicted molar refractivity (Wildman–Crippen MR) is 84.9 cm³/mol. The molecule has 1 fully saturated rings. The van der Waals surface area contributed by atoms with Crippen molar-refractivity contribution >= 4 is 29.2 Å². The zero-order valence-corrected chi connectivity index (χ0v) is 12.6. The summed E-state index contributed by atoms with van der Waals surface area (Å²) in [4.78, 5) is 23.5. The normalized spacial score (nSPS) is 15.0. The van der Waals surface area contributed by atoms with Gasteiger partial charge in [0.25, 0.3) is 0 Å². The quantitative estimate of drug-likeness (QED) is 0.875. The molecular formula is C15H15ClN4O2. The number of aromatic nitrogens is 2. The van der Waals surface area contributed by atoms with Crippen LogP contribution in [0.5, 0.6) is 0 Å². The lowest BCUT2D eigenvalue weighted by Crippen LogP contribution is -2.47. The molecule has 0 unspecified atom stereocenters. The molecule has 114 valence electrons. The topological polar surface area (TPSA) is 69.6 Å². The number of carbonyl (C=O) groups is 1. The number of carboxylic acid groups (broad SMARTS) is 1. The maximum Gasteiger partial charge on any atom is 0.354 e. The predicted octanol–water partition coefficient (Wildman–Crippen LogP) is 2.15. The van der Waals surface area contributed by atoms with Crippen molar-refractivity contribution in [3.8, 4) is 0 Å². The zero-order chi connectivity index (χ0) is 15.5. The van der Waals surface area contributed by atoms with Crippen molar-refractivity contribution in [2.45, 2.75) is 0 Å². The first-order chi connectivity index (χ1) is 10.6. The number of nitrogens with zero attached hydrogens (tertiary/aromatic N) is 4. The van der Waals surface area contributed by atoms with Crippen molar-refractivity contribution in [2.75, 3.05) is 36.0 Å². The van der Waals surface area contributed by atoms with Gasteiger partial charge in [0.2, 0.25) is 5.95 Å². The lowest BCUT2D eigenvalue weighted by atomic mass is 10.2. The standard InChI is InChI=1S/C15H15ClN4O2/c16-13-10-12(14(21)22)17-15(18-13)20-8-6-19(7-9-20)11-4-2-1-3-5-11/h1-5,10H,6-9H2,(H,21,22). The smallest absolute Gasteiger partial charge is 0.354 e. The molecule has 2 heterocycles. The van der Waals surface area contributed by atoms with Crippen LogP contribution in [0, 0.1) is 0 Å². The first kappa shape index (κ1) is 14.6. The molecule has 0 spiro atoms. The second-order valence-corrected chi connectivity index (χ2v) is 5.38. The first-order valence-electron chi connectivity index (χ1n) is 6.96. The van der Waals surface area contributed by atoms with E-state index in [1.54, 1.807) is 0 Å². The fraction of sp³-hybridized carbons (Fsp3) is 0.267. The van der Waals surface area contributed by atoms with E-state index >= 15 is 0 Å². The molecule has 1 aromatic carbocycles. The van der Waals surface area contributed by atoms with Crippen LogP contribution in [0.15, 0.2) is 36.4 Å². The van der Waals surface area contributed by atoms with E-state index < -0.39 is 5.97 Å². The molecule has 0 radical (unpaired) electrons. The molecule has 1 saturated heterocycles. The number of aromatic carboxylic acids is 1. The Balaban J connectivity index is 1.73. The van der Waals surface area contributed by atoms with Crippen molar-refractivity contribution in [3.05, 3.63) is 47.2 Å². The van der Waals surface area contributed by atoms with Gasteiger partial charge in [-0.1, -0.05) is 29.8 Å². The Labute approximate surface area is 133 Å². The third kappa shape index (κ3) is 3.12. The largest absolute Gasteiger partial charge is 0.477 e. The van der Waals surface area contributed by atoms with Crippen LogP contribution in [0.25, 0.3) is 0 Å². The molecule has 0 amide bonds. The summed E-state index contributed by atoms with van der Waals surface area (Å²) < 4.78 is 0. The fourth-order valence-electron chi connectivity index (χ4n) is 2.46. The number of halogens is 1. The molecular weight excluding hydrogens is 304 g/mol. The highest BCUT2D eigenvalue weighted by atomic mass is 35.5. The highest BCUT2D eigenvalue weighted by Crippen LogP contribution is 2.19. The van der Waals surface area contributed by atoms with Gasteiger partial charge in [-0.05, 0) is 12.1 Å². The number of hydrogen-bond acceptors (Lipinski definition) is 5. The van der Waals surface area contributed by atoms with Crippen molar-refractivity contribution in [1.29, 1.82) is 0 Å². The minimum atomic E-state index is -1.10. The summed E-state index contributed by atoms with van der Waals surface area (Å²) >= 11 is 5.89. The number of piperazine rings is 1. The van der Waals surface area contributed by atoms with E-state index in [4.69, 9.17) is 16.7 Å². The molecule has 22 heavy (non-hydrogen) atoms. The van der Waals surface area contributed by atoms with Gasteiger partial charge in [0.15, 0.2) is 5.69 Å². The van der Waals surface area contributed by atoms with Gasteiger partial charge < -0.3 is 14.9 Å². The summed E-state index contributed by atoms with van der Waals surface area (Å²) in [6.45, 7) is 3.08. The molecule has 0 atom stereocenters. The van der Waals surface area contributed by atoms with Crippen LogP contribution in [0.2, 0.25) is 5.15 Å². The van der Waals surface area contributed by atoms with Crippen molar-refractivity contribution in [1.82, 2.24) is 9.97 Å². The van der Waals surface area contributed by atoms with Crippen molar-refractivity contribution < 1.29 is 9.90 Å². The highest BCUT2D eigenvalue weighted by molar-refractivity contribution is 6.29. The maximum atomic E-state index is 11.0. The lowest BCUT2D eigenvalue weighted by Gasteiger charge is -2.36. The Kier molecular flexibility index (Phi) is 4.11. The number of carboxylic acids is 1.